The van der Waals surface area contributed by atoms with Gasteiger partial charge in [-0.25, -0.2) is 0 Å². The Morgan fingerprint density at radius 2 is 1.77 bits per heavy atom. The van der Waals surface area contributed by atoms with Crippen LogP contribution >= 0.6 is 0 Å². The molecule has 0 unspecified atom stereocenters. The third kappa shape index (κ3) is 2.48. The summed E-state index contributed by atoms with van der Waals surface area (Å²) in [5, 5.41) is 2.00. The third-order valence-corrected chi connectivity index (χ3v) is 3.96. The number of aryl methyl sites for hydroxylation is 1. The maximum Gasteiger partial charge on any atom is 0.193 e. The second kappa shape index (κ2) is 6.02. The van der Waals surface area contributed by atoms with Crippen LogP contribution in [0.3, 0.4) is 0 Å². The van der Waals surface area contributed by atoms with E-state index in [9.17, 15) is 4.79 Å². The highest BCUT2D eigenvalue weighted by molar-refractivity contribution is 6.17. The fourth-order valence-corrected chi connectivity index (χ4v) is 2.78. The zero-order valence-corrected chi connectivity index (χ0v) is 12.8. The first-order valence-electron chi connectivity index (χ1n) is 7.44. The summed E-state index contributed by atoms with van der Waals surface area (Å²) >= 11 is 0. The van der Waals surface area contributed by atoms with Crippen molar-refractivity contribution in [2.24, 2.45) is 0 Å². The van der Waals surface area contributed by atoms with E-state index < -0.39 is 0 Å². The number of ketones is 1. The molecule has 0 aliphatic carbocycles. The van der Waals surface area contributed by atoms with Crippen molar-refractivity contribution in [1.29, 1.82) is 0 Å². The molecule has 0 saturated heterocycles. The highest BCUT2D eigenvalue weighted by atomic mass is 16.5. The average Bonchev–Trinajstić information content (AvgIpc) is 2.60. The van der Waals surface area contributed by atoms with Crippen LogP contribution in [0.2, 0.25) is 0 Å². The van der Waals surface area contributed by atoms with Crippen LogP contribution in [0.4, 0.5) is 0 Å². The molecule has 0 amide bonds. The highest BCUT2D eigenvalue weighted by Gasteiger charge is 2.16. The van der Waals surface area contributed by atoms with Gasteiger partial charge in [-0.05, 0) is 41.0 Å². The van der Waals surface area contributed by atoms with Crippen molar-refractivity contribution in [3.05, 3.63) is 77.4 Å². The molecule has 22 heavy (non-hydrogen) atoms. The molecular formula is C20H18O2. The molecular weight excluding hydrogens is 272 g/mol. The van der Waals surface area contributed by atoms with Gasteiger partial charge >= 0.3 is 0 Å². The van der Waals surface area contributed by atoms with E-state index in [1.54, 1.807) is 7.11 Å². The Kier molecular flexibility index (Phi) is 3.92. The van der Waals surface area contributed by atoms with Gasteiger partial charge in [0, 0.05) is 11.1 Å². The van der Waals surface area contributed by atoms with E-state index in [0.29, 0.717) is 0 Å². The van der Waals surface area contributed by atoms with Gasteiger partial charge in [0.25, 0.3) is 0 Å². The molecule has 3 aromatic carbocycles. The quantitative estimate of drug-likeness (QED) is 0.654. The van der Waals surface area contributed by atoms with E-state index in [0.717, 1.165) is 39.6 Å². The number of hydrogen-bond donors (Lipinski definition) is 0. The van der Waals surface area contributed by atoms with E-state index in [2.05, 4.69) is 13.0 Å². The normalized spacial score (nSPS) is 10.6. The number of benzene rings is 3. The Morgan fingerprint density at radius 3 is 2.45 bits per heavy atom. The number of carbonyl (C=O) groups is 1. The minimum Gasteiger partial charge on any atom is -0.497 e. The molecule has 0 radical (unpaired) electrons. The van der Waals surface area contributed by atoms with Gasteiger partial charge < -0.3 is 4.74 Å². The highest BCUT2D eigenvalue weighted by Crippen LogP contribution is 2.28. The van der Waals surface area contributed by atoms with Crippen LogP contribution in [0.25, 0.3) is 10.8 Å². The van der Waals surface area contributed by atoms with Crippen molar-refractivity contribution in [2.45, 2.75) is 13.3 Å². The Balaban J connectivity index is 2.24. The van der Waals surface area contributed by atoms with Crippen molar-refractivity contribution < 1.29 is 9.53 Å². The van der Waals surface area contributed by atoms with Crippen LogP contribution in [0.5, 0.6) is 5.75 Å². The maximum atomic E-state index is 13.0. The molecule has 2 nitrogen and oxygen atoms in total. The van der Waals surface area contributed by atoms with Crippen molar-refractivity contribution in [2.75, 3.05) is 7.11 Å². The summed E-state index contributed by atoms with van der Waals surface area (Å²) in [5.41, 5.74) is 2.60. The van der Waals surface area contributed by atoms with E-state index in [1.165, 1.54) is 0 Å². The lowest BCUT2D eigenvalue weighted by molar-refractivity contribution is 0.103. The first kappa shape index (κ1) is 14.3. The van der Waals surface area contributed by atoms with Gasteiger partial charge in [0.05, 0.1) is 7.11 Å². The topological polar surface area (TPSA) is 26.3 Å². The van der Waals surface area contributed by atoms with Gasteiger partial charge in [-0.1, -0.05) is 49.4 Å². The molecule has 0 heterocycles. The predicted octanol–water partition coefficient (Wildman–Crippen LogP) is 4.64. The van der Waals surface area contributed by atoms with Gasteiger partial charge in [-0.2, -0.15) is 0 Å². The average molecular weight is 290 g/mol. The summed E-state index contributed by atoms with van der Waals surface area (Å²) < 4.78 is 5.28. The van der Waals surface area contributed by atoms with Crippen LogP contribution in [-0.4, -0.2) is 12.9 Å². The smallest absolute Gasteiger partial charge is 0.193 e. The second-order valence-corrected chi connectivity index (χ2v) is 5.24. The lowest BCUT2D eigenvalue weighted by Crippen LogP contribution is -2.06. The molecule has 0 aromatic heterocycles. The molecule has 0 spiro atoms. The predicted molar refractivity (Wildman–Crippen MR) is 89.8 cm³/mol. The standard InChI is InChI=1S/C20H18O2/c1-3-14-9-10-16-13-17(22-2)11-12-18(16)19(14)20(21)15-7-5-4-6-8-15/h4-13H,3H2,1-2H3. The van der Waals surface area contributed by atoms with Crippen LogP contribution < -0.4 is 4.74 Å². The SMILES string of the molecule is CCc1ccc2cc(OC)ccc2c1C(=O)c1ccccc1. The zero-order valence-electron chi connectivity index (χ0n) is 12.8. The Bertz CT molecular complexity index is 820. The number of fused-ring (bicyclic) bond motifs is 1. The van der Waals surface area contributed by atoms with E-state index >= 15 is 0 Å². The summed E-state index contributed by atoms with van der Waals surface area (Å²) in [6.07, 6.45) is 0.829. The lowest BCUT2D eigenvalue weighted by atomic mass is 9.91. The minimum absolute atomic E-state index is 0.0771. The van der Waals surface area contributed by atoms with Crippen LogP contribution in [0, 0.1) is 0 Å². The monoisotopic (exact) mass is 290 g/mol. The number of methoxy groups -OCH3 is 1. The number of hydrogen-bond acceptors (Lipinski definition) is 2. The Labute approximate surface area is 130 Å². The molecule has 0 bridgehead atoms. The Morgan fingerprint density at radius 1 is 1.00 bits per heavy atom. The van der Waals surface area contributed by atoms with Crippen LogP contribution in [0.15, 0.2) is 60.7 Å². The van der Waals surface area contributed by atoms with Crippen molar-refractivity contribution in [3.63, 3.8) is 0 Å². The summed E-state index contributed by atoms with van der Waals surface area (Å²) in [6.45, 7) is 2.08. The molecule has 2 heteroatoms. The van der Waals surface area contributed by atoms with Gasteiger partial charge in [0.15, 0.2) is 5.78 Å². The summed E-state index contributed by atoms with van der Waals surface area (Å²) in [7, 11) is 1.65. The van der Waals surface area contributed by atoms with E-state index in [-0.39, 0.29) is 5.78 Å². The molecule has 0 fully saturated rings. The molecule has 3 rings (SSSR count). The van der Waals surface area contributed by atoms with Gasteiger partial charge in [0.2, 0.25) is 0 Å². The Hall–Kier alpha value is -2.61. The molecule has 3 aromatic rings. The molecule has 0 aliphatic rings. The second-order valence-electron chi connectivity index (χ2n) is 5.24. The number of carbonyl (C=O) groups excluding carboxylic acids is 1. The lowest BCUT2D eigenvalue weighted by Gasteiger charge is -2.12. The summed E-state index contributed by atoms with van der Waals surface area (Å²) in [4.78, 5) is 13.0. The van der Waals surface area contributed by atoms with Gasteiger partial charge in [-0.15, -0.1) is 0 Å². The number of rotatable bonds is 4. The van der Waals surface area contributed by atoms with Crippen LogP contribution in [-0.2, 0) is 6.42 Å². The minimum atomic E-state index is 0.0771. The fraction of sp³-hybridized carbons (Fsp3) is 0.150. The number of ether oxygens (including phenoxy) is 1. The molecule has 0 N–H and O–H groups in total. The van der Waals surface area contributed by atoms with Gasteiger partial charge in [-0.3, -0.25) is 4.79 Å². The maximum absolute atomic E-state index is 13.0. The molecule has 0 atom stereocenters. The van der Waals surface area contributed by atoms with E-state index in [4.69, 9.17) is 4.74 Å². The fourth-order valence-electron chi connectivity index (χ4n) is 2.78. The van der Waals surface area contributed by atoms with E-state index in [1.807, 2.05) is 54.6 Å². The molecule has 110 valence electrons. The summed E-state index contributed by atoms with van der Waals surface area (Å²) in [6, 6.07) is 19.4. The zero-order chi connectivity index (χ0) is 15.5. The largest absolute Gasteiger partial charge is 0.497 e. The third-order valence-electron chi connectivity index (χ3n) is 3.96. The van der Waals surface area contributed by atoms with Crippen molar-refractivity contribution in [1.82, 2.24) is 0 Å². The first-order chi connectivity index (χ1) is 10.7. The van der Waals surface area contributed by atoms with Crippen LogP contribution in [0.1, 0.15) is 28.4 Å². The van der Waals surface area contributed by atoms with Gasteiger partial charge in [0.1, 0.15) is 5.75 Å². The molecule has 0 aliphatic heterocycles. The first-order valence-corrected chi connectivity index (χ1v) is 7.44. The van der Waals surface area contributed by atoms with Crippen molar-refractivity contribution in [3.8, 4) is 5.75 Å². The summed E-state index contributed by atoms with van der Waals surface area (Å²) in [5.74, 6) is 0.878. The molecule has 0 saturated carbocycles. The van der Waals surface area contributed by atoms with Crippen molar-refractivity contribution >= 4 is 16.6 Å².